The van der Waals surface area contributed by atoms with Crippen LogP contribution in [-0.2, 0) is 9.59 Å². The van der Waals surface area contributed by atoms with E-state index in [1.54, 1.807) is 17.5 Å². The zero-order valence-electron chi connectivity index (χ0n) is 11.9. The summed E-state index contributed by atoms with van der Waals surface area (Å²) in [6.07, 6.45) is 2.22. The van der Waals surface area contributed by atoms with Crippen molar-refractivity contribution in [1.82, 2.24) is 10.2 Å². The van der Waals surface area contributed by atoms with Gasteiger partial charge in [0.05, 0.1) is 11.4 Å². The molecular weight excluding hydrogens is 312 g/mol. The topological polar surface area (TPSA) is 86.7 Å². The molecule has 0 aliphatic carbocycles. The number of amides is 2. The number of aliphatic carboxylic acids is 1. The zero-order chi connectivity index (χ0) is 15.8. The second kappa shape index (κ2) is 8.68. The molecule has 1 heterocycles. The van der Waals surface area contributed by atoms with Crippen molar-refractivity contribution in [2.75, 3.05) is 25.6 Å². The van der Waals surface area contributed by atoms with Gasteiger partial charge in [-0.3, -0.25) is 9.59 Å². The molecule has 21 heavy (non-hydrogen) atoms. The highest BCUT2D eigenvalue weighted by molar-refractivity contribution is 7.98. The minimum atomic E-state index is -1.07. The first-order chi connectivity index (χ1) is 9.95. The molecule has 0 fully saturated rings. The number of thioether (sulfide) groups is 1. The summed E-state index contributed by atoms with van der Waals surface area (Å²) in [6, 6.07) is 2.52. The van der Waals surface area contributed by atoms with E-state index in [0.29, 0.717) is 17.1 Å². The van der Waals surface area contributed by atoms with E-state index in [2.05, 4.69) is 5.32 Å². The van der Waals surface area contributed by atoms with Crippen LogP contribution in [0.2, 0.25) is 0 Å². The van der Waals surface area contributed by atoms with Crippen LogP contribution in [0.4, 0.5) is 0 Å². The van der Waals surface area contributed by atoms with E-state index in [0.717, 1.165) is 0 Å². The van der Waals surface area contributed by atoms with Crippen molar-refractivity contribution < 1.29 is 19.5 Å². The lowest BCUT2D eigenvalue weighted by atomic mass is 10.2. The Morgan fingerprint density at radius 2 is 2.19 bits per heavy atom. The van der Waals surface area contributed by atoms with E-state index in [9.17, 15) is 14.4 Å². The van der Waals surface area contributed by atoms with Crippen LogP contribution in [0, 0.1) is 0 Å². The van der Waals surface area contributed by atoms with Crippen molar-refractivity contribution in [3.8, 4) is 0 Å². The van der Waals surface area contributed by atoms with Gasteiger partial charge in [0.25, 0.3) is 5.91 Å². The van der Waals surface area contributed by atoms with Gasteiger partial charge in [-0.1, -0.05) is 6.07 Å². The Bertz CT molecular complexity index is 490. The lowest BCUT2D eigenvalue weighted by Gasteiger charge is -2.18. The standard InChI is InChI=1S/C13H18N2O4S2/c1-15(12(17)10-4-3-6-21-10)8-11(16)14-9(13(18)19)5-7-20-2/h3-4,6,9H,5,7-8H2,1-2H3,(H,14,16)(H,18,19). The number of hydrogen-bond donors (Lipinski definition) is 2. The summed E-state index contributed by atoms with van der Waals surface area (Å²) in [7, 11) is 1.51. The molecule has 1 atom stereocenters. The van der Waals surface area contributed by atoms with Gasteiger partial charge in [-0.05, 0) is 29.9 Å². The third kappa shape index (κ3) is 5.76. The van der Waals surface area contributed by atoms with Crippen LogP contribution in [0.25, 0.3) is 0 Å². The van der Waals surface area contributed by atoms with E-state index in [1.807, 2.05) is 6.26 Å². The van der Waals surface area contributed by atoms with Crippen LogP contribution < -0.4 is 5.32 Å². The Morgan fingerprint density at radius 1 is 1.48 bits per heavy atom. The van der Waals surface area contributed by atoms with Gasteiger partial charge < -0.3 is 15.3 Å². The molecule has 0 radical (unpaired) electrons. The minimum Gasteiger partial charge on any atom is -0.480 e. The van der Waals surface area contributed by atoms with Crippen molar-refractivity contribution >= 4 is 40.9 Å². The number of nitrogens with zero attached hydrogens (tertiary/aromatic N) is 1. The first-order valence-corrected chi connectivity index (χ1v) is 8.53. The fourth-order valence-electron chi connectivity index (χ4n) is 1.61. The molecule has 0 bridgehead atoms. The average Bonchev–Trinajstić information content (AvgIpc) is 2.96. The van der Waals surface area contributed by atoms with Crippen molar-refractivity contribution in [3.05, 3.63) is 22.4 Å². The molecule has 0 spiro atoms. The summed E-state index contributed by atoms with van der Waals surface area (Å²) in [4.78, 5) is 36.7. The summed E-state index contributed by atoms with van der Waals surface area (Å²) in [6.45, 7) is -0.167. The summed E-state index contributed by atoms with van der Waals surface area (Å²) in [5.41, 5.74) is 0. The summed E-state index contributed by atoms with van der Waals surface area (Å²) in [5, 5.41) is 13.3. The number of thiophene rings is 1. The molecule has 2 amide bonds. The number of likely N-dealkylation sites (N-methyl/N-ethyl adjacent to an activating group) is 1. The second-order valence-corrected chi connectivity index (χ2v) is 6.31. The number of hydrogen-bond acceptors (Lipinski definition) is 5. The van der Waals surface area contributed by atoms with Crippen LogP contribution in [0.1, 0.15) is 16.1 Å². The minimum absolute atomic E-state index is 0.167. The average molecular weight is 330 g/mol. The molecule has 0 aromatic carbocycles. The predicted molar refractivity (Wildman–Crippen MR) is 83.8 cm³/mol. The number of rotatable bonds is 8. The normalized spacial score (nSPS) is 11.7. The van der Waals surface area contributed by atoms with Gasteiger partial charge in [-0.2, -0.15) is 11.8 Å². The third-order valence-corrected chi connectivity index (χ3v) is 4.21. The number of carboxylic acid groups (broad SMARTS) is 1. The van der Waals surface area contributed by atoms with Crippen molar-refractivity contribution in [2.45, 2.75) is 12.5 Å². The van der Waals surface area contributed by atoms with E-state index >= 15 is 0 Å². The Labute approximate surface area is 131 Å². The van der Waals surface area contributed by atoms with Crippen molar-refractivity contribution in [3.63, 3.8) is 0 Å². The molecular formula is C13H18N2O4S2. The molecule has 8 heteroatoms. The number of nitrogens with one attached hydrogen (secondary N) is 1. The second-order valence-electron chi connectivity index (χ2n) is 4.38. The maximum atomic E-state index is 12.0. The summed E-state index contributed by atoms with van der Waals surface area (Å²) >= 11 is 2.81. The molecule has 0 saturated heterocycles. The highest BCUT2D eigenvalue weighted by Gasteiger charge is 2.21. The van der Waals surface area contributed by atoms with Gasteiger partial charge in [0.15, 0.2) is 0 Å². The van der Waals surface area contributed by atoms with Crippen LogP contribution in [-0.4, -0.2) is 59.4 Å². The SMILES string of the molecule is CSCCC(NC(=O)CN(C)C(=O)c1cccs1)C(=O)O. The third-order valence-electron chi connectivity index (χ3n) is 2.70. The molecule has 0 aliphatic heterocycles. The Kier molecular flexibility index (Phi) is 7.24. The molecule has 1 rings (SSSR count). The monoisotopic (exact) mass is 330 g/mol. The summed E-state index contributed by atoms with van der Waals surface area (Å²) < 4.78 is 0. The van der Waals surface area contributed by atoms with Gasteiger partial charge in [0.2, 0.25) is 5.91 Å². The molecule has 1 aromatic heterocycles. The Balaban J connectivity index is 2.51. The van der Waals surface area contributed by atoms with Gasteiger partial charge in [-0.15, -0.1) is 11.3 Å². The molecule has 1 unspecified atom stereocenters. The smallest absolute Gasteiger partial charge is 0.326 e. The fraction of sp³-hybridized carbons (Fsp3) is 0.462. The number of carbonyl (C=O) groups excluding carboxylic acids is 2. The first-order valence-electron chi connectivity index (χ1n) is 6.25. The molecule has 116 valence electrons. The highest BCUT2D eigenvalue weighted by Crippen LogP contribution is 2.10. The number of carbonyl (C=O) groups is 3. The molecule has 0 aliphatic rings. The van der Waals surface area contributed by atoms with E-state index in [4.69, 9.17) is 5.11 Å². The van der Waals surface area contributed by atoms with E-state index in [1.165, 1.54) is 35.0 Å². The quantitative estimate of drug-likeness (QED) is 0.746. The van der Waals surface area contributed by atoms with Crippen LogP contribution in [0.3, 0.4) is 0 Å². The van der Waals surface area contributed by atoms with Crippen LogP contribution in [0.5, 0.6) is 0 Å². The maximum Gasteiger partial charge on any atom is 0.326 e. The molecule has 1 aromatic rings. The van der Waals surface area contributed by atoms with Crippen LogP contribution >= 0.6 is 23.1 Å². The highest BCUT2D eigenvalue weighted by atomic mass is 32.2. The lowest BCUT2D eigenvalue weighted by Crippen LogP contribution is -2.46. The largest absolute Gasteiger partial charge is 0.480 e. The predicted octanol–water partition coefficient (Wildman–Crippen LogP) is 1.14. The van der Waals surface area contributed by atoms with Crippen molar-refractivity contribution in [1.29, 1.82) is 0 Å². The van der Waals surface area contributed by atoms with Crippen molar-refractivity contribution in [2.24, 2.45) is 0 Å². The van der Waals surface area contributed by atoms with Gasteiger partial charge in [0.1, 0.15) is 6.04 Å². The van der Waals surface area contributed by atoms with Gasteiger partial charge >= 0.3 is 5.97 Å². The maximum absolute atomic E-state index is 12.0. The molecule has 0 saturated carbocycles. The van der Waals surface area contributed by atoms with Gasteiger partial charge in [0, 0.05) is 7.05 Å². The zero-order valence-corrected chi connectivity index (χ0v) is 13.5. The first kappa shape index (κ1) is 17.5. The Morgan fingerprint density at radius 3 is 2.71 bits per heavy atom. The van der Waals surface area contributed by atoms with Gasteiger partial charge in [-0.25, -0.2) is 4.79 Å². The number of carboxylic acids is 1. The lowest BCUT2D eigenvalue weighted by molar-refractivity contribution is -0.141. The Hall–Kier alpha value is -1.54. The molecule has 6 nitrogen and oxygen atoms in total. The van der Waals surface area contributed by atoms with Crippen LogP contribution in [0.15, 0.2) is 17.5 Å². The summed E-state index contributed by atoms with van der Waals surface area (Å²) in [5.74, 6) is -1.15. The molecule has 2 N–H and O–H groups in total. The van der Waals surface area contributed by atoms with E-state index < -0.39 is 17.9 Å². The van der Waals surface area contributed by atoms with E-state index in [-0.39, 0.29) is 12.5 Å². The fourth-order valence-corrected chi connectivity index (χ4v) is 2.80.